The van der Waals surface area contributed by atoms with Crippen molar-refractivity contribution >= 4 is 44.9 Å². The number of halogens is 1. The Kier molecular flexibility index (Phi) is 6.90. The van der Waals surface area contributed by atoms with E-state index in [-0.39, 0.29) is 26.9 Å². The molecule has 0 heterocycles. The number of nitrogens with one attached hydrogen (secondary N) is 1. The number of benzene rings is 2. The molecular weight excluding hydrogens is 426 g/mol. The van der Waals surface area contributed by atoms with Gasteiger partial charge < -0.3 is 10.1 Å². The molecule has 0 spiro atoms. The molecular formula is C17H16ClN3O7S. The van der Waals surface area contributed by atoms with Crippen LogP contribution in [-0.4, -0.2) is 50.2 Å². The van der Waals surface area contributed by atoms with E-state index in [1.165, 1.54) is 44.4 Å². The minimum Gasteiger partial charge on any atom is -0.452 e. The zero-order valence-corrected chi connectivity index (χ0v) is 16.9. The summed E-state index contributed by atoms with van der Waals surface area (Å²) in [5, 5.41) is 13.2. The lowest BCUT2D eigenvalue weighted by atomic mass is 10.2. The number of hydrogen-bond donors (Lipinski definition) is 1. The molecule has 0 bridgehead atoms. The van der Waals surface area contributed by atoms with Crippen molar-refractivity contribution in [1.82, 2.24) is 4.31 Å². The summed E-state index contributed by atoms with van der Waals surface area (Å²) < 4.78 is 29.9. The number of nitro benzene ring substituents is 1. The SMILES string of the molecule is CN(C)S(=O)(=O)c1ccc(NC(=O)COC(=O)c2cc([N+](=O)[O-])ccc2Cl)cc1. The third-order valence-corrected chi connectivity index (χ3v) is 5.79. The average molecular weight is 442 g/mol. The number of rotatable bonds is 7. The summed E-state index contributed by atoms with van der Waals surface area (Å²) in [7, 11) is -0.806. The maximum atomic E-state index is 12.0. The zero-order valence-electron chi connectivity index (χ0n) is 15.3. The molecule has 1 amide bonds. The topological polar surface area (TPSA) is 136 Å². The first-order chi connectivity index (χ1) is 13.5. The molecule has 0 aromatic heterocycles. The van der Waals surface area contributed by atoms with Crippen LogP contribution < -0.4 is 5.32 Å². The monoisotopic (exact) mass is 441 g/mol. The predicted molar refractivity (Wildman–Crippen MR) is 104 cm³/mol. The Morgan fingerprint density at radius 3 is 2.34 bits per heavy atom. The number of anilines is 1. The summed E-state index contributed by atoms with van der Waals surface area (Å²) >= 11 is 5.84. The Hall–Kier alpha value is -3.02. The molecule has 29 heavy (non-hydrogen) atoms. The van der Waals surface area contributed by atoms with Gasteiger partial charge in [-0.1, -0.05) is 11.6 Å². The second-order valence-corrected chi connectivity index (χ2v) is 8.42. The molecule has 0 fully saturated rings. The summed E-state index contributed by atoms with van der Waals surface area (Å²) in [6.45, 7) is -0.671. The van der Waals surface area contributed by atoms with E-state index in [0.29, 0.717) is 0 Å². The minimum absolute atomic E-state index is 0.0484. The highest BCUT2D eigenvalue weighted by Crippen LogP contribution is 2.23. The Balaban J connectivity index is 1.99. The number of ether oxygens (including phenoxy) is 1. The van der Waals surface area contributed by atoms with Crippen LogP contribution in [0.4, 0.5) is 11.4 Å². The minimum atomic E-state index is -3.60. The lowest BCUT2D eigenvalue weighted by Gasteiger charge is -2.12. The highest BCUT2D eigenvalue weighted by atomic mass is 35.5. The highest BCUT2D eigenvalue weighted by molar-refractivity contribution is 7.89. The lowest BCUT2D eigenvalue weighted by Crippen LogP contribution is -2.22. The Labute approximate surface area is 171 Å². The molecule has 12 heteroatoms. The summed E-state index contributed by atoms with van der Waals surface area (Å²) in [6, 6.07) is 8.67. The molecule has 2 aromatic carbocycles. The van der Waals surface area contributed by atoms with Crippen molar-refractivity contribution < 1.29 is 27.7 Å². The summed E-state index contributed by atoms with van der Waals surface area (Å²) in [5.74, 6) is -1.69. The molecule has 0 unspecified atom stereocenters. The van der Waals surface area contributed by atoms with Crippen molar-refractivity contribution in [1.29, 1.82) is 0 Å². The van der Waals surface area contributed by atoms with Gasteiger partial charge in [0.15, 0.2) is 6.61 Å². The Morgan fingerprint density at radius 1 is 1.17 bits per heavy atom. The molecule has 0 aliphatic heterocycles. The van der Waals surface area contributed by atoms with Gasteiger partial charge in [-0.15, -0.1) is 0 Å². The van der Waals surface area contributed by atoms with Crippen LogP contribution in [0, 0.1) is 10.1 Å². The molecule has 10 nitrogen and oxygen atoms in total. The number of amides is 1. The summed E-state index contributed by atoms with van der Waals surface area (Å²) in [6.07, 6.45) is 0. The van der Waals surface area contributed by atoms with E-state index in [1.807, 2.05) is 0 Å². The van der Waals surface area contributed by atoms with Crippen LogP contribution in [-0.2, 0) is 19.6 Å². The quantitative estimate of drug-likeness (QED) is 0.395. The first-order valence-electron chi connectivity index (χ1n) is 7.96. The van der Waals surface area contributed by atoms with Crippen molar-refractivity contribution in [2.45, 2.75) is 4.90 Å². The fourth-order valence-corrected chi connectivity index (χ4v) is 3.21. The molecule has 0 saturated heterocycles. The van der Waals surface area contributed by atoms with Gasteiger partial charge in [0.2, 0.25) is 10.0 Å². The number of nitro groups is 1. The second kappa shape index (κ2) is 8.99. The molecule has 0 saturated carbocycles. The van der Waals surface area contributed by atoms with Crippen LogP contribution in [0.15, 0.2) is 47.4 Å². The Morgan fingerprint density at radius 2 is 1.79 bits per heavy atom. The molecule has 1 N–H and O–H groups in total. The van der Waals surface area contributed by atoms with Gasteiger partial charge in [0.25, 0.3) is 11.6 Å². The van der Waals surface area contributed by atoms with Gasteiger partial charge in [-0.3, -0.25) is 14.9 Å². The number of sulfonamides is 1. The van der Waals surface area contributed by atoms with E-state index >= 15 is 0 Å². The van der Waals surface area contributed by atoms with Crippen molar-refractivity contribution in [3.8, 4) is 0 Å². The van der Waals surface area contributed by atoms with Crippen LogP contribution in [0.3, 0.4) is 0 Å². The molecule has 0 aliphatic rings. The van der Waals surface area contributed by atoms with E-state index in [0.717, 1.165) is 16.4 Å². The van der Waals surface area contributed by atoms with E-state index in [4.69, 9.17) is 16.3 Å². The second-order valence-electron chi connectivity index (χ2n) is 5.86. The largest absolute Gasteiger partial charge is 0.452 e. The zero-order chi connectivity index (χ0) is 21.8. The fourth-order valence-electron chi connectivity index (χ4n) is 2.11. The number of nitrogens with zero attached hydrogens (tertiary/aromatic N) is 2. The summed E-state index contributed by atoms with van der Waals surface area (Å²) in [5.41, 5.74) is -0.303. The maximum absolute atomic E-state index is 12.0. The van der Waals surface area contributed by atoms with Gasteiger partial charge in [0.05, 0.1) is 20.4 Å². The van der Waals surface area contributed by atoms with Gasteiger partial charge in [0.1, 0.15) is 0 Å². The normalized spacial score (nSPS) is 11.2. The van der Waals surface area contributed by atoms with Gasteiger partial charge in [-0.25, -0.2) is 17.5 Å². The molecule has 2 aromatic rings. The van der Waals surface area contributed by atoms with Crippen LogP contribution in [0.5, 0.6) is 0 Å². The van der Waals surface area contributed by atoms with Crippen molar-refractivity contribution in [2.24, 2.45) is 0 Å². The molecule has 0 atom stereocenters. The van der Waals surface area contributed by atoms with Gasteiger partial charge in [-0.2, -0.15) is 0 Å². The van der Waals surface area contributed by atoms with Crippen molar-refractivity contribution in [2.75, 3.05) is 26.0 Å². The van der Waals surface area contributed by atoms with Crippen LogP contribution >= 0.6 is 11.6 Å². The van der Waals surface area contributed by atoms with Crippen molar-refractivity contribution in [3.05, 3.63) is 63.2 Å². The predicted octanol–water partition coefficient (Wildman–Crippen LogP) is 2.29. The highest BCUT2D eigenvalue weighted by Gasteiger charge is 2.19. The molecule has 2 rings (SSSR count). The third kappa shape index (κ3) is 5.50. The molecule has 0 radical (unpaired) electrons. The smallest absolute Gasteiger partial charge is 0.340 e. The van der Waals surface area contributed by atoms with E-state index in [2.05, 4.69) is 5.32 Å². The Bertz CT molecular complexity index is 1050. The first-order valence-corrected chi connectivity index (χ1v) is 9.77. The fraction of sp³-hybridized carbons (Fsp3) is 0.176. The van der Waals surface area contributed by atoms with E-state index < -0.39 is 33.4 Å². The van der Waals surface area contributed by atoms with E-state index in [9.17, 15) is 28.1 Å². The van der Waals surface area contributed by atoms with Crippen molar-refractivity contribution in [3.63, 3.8) is 0 Å². The lowest BCUT2D eigenvalue weighted by molar-refractivity contribution is -0.384. The number of hydrogen-bond acceptors (Lipinski definition) is 7. The van der Waals surface area contributed by atoms with E-state index in [1.54, 1.807) is 0 Å². The number of carbonyl (C=O) groups is 2. The van der Waals surface area contributed by atoms with Gasteiger partial charge in [-0.05, 0) is 30.3 Å². The average Bonchev–Trinajstić information content (AvgIpc) is 2.66. The van der Waals surface area contributed by atoms with Crippen LogP contribution in [0.2, 0.25) is 5.02 Å². The number of esters is 1. The molecule has 0 aliphatic carbocycles. The number of carbonyl (C=O) groups excluding carboxylic acids is 2. The number of non-ortho nitro benzene ring substituents is 1. The van der Waals surface area contributed by atoms with Gasteiger partial charge >= 0.3 is 5.97 Å². The standard InChI is InChI=1S/C17H16ClN3O7S/c1-20(2)29(26,27)13-6-3-11(4-7-13)19-16(22)10-28-17(23)14-9-12(21(24)25)5-8-15(14)18/h3-9H,10H2,1-2H3,(H,19,22). The molecule has 154 valence electrons. The first kappa shape index (κ1) is 22.3. The third-order valence-electron chi connectivity index (χ3n) is 3.63. The maximum Gasteiger partial charge on any atom is 0.340 e. The van der Waals surface area contributed by atoms with Gasteiger partial charge in [0, 0.05) is 31.9 Å². The summed E-state index contributed by atoms with van der Waals surface area (Å²) in [4.78, 5) is 34.1. The van der Waals surface area contributed by atoms with Crippen LogP contribution in [0.25, 0.3) is 0 Å². The van der Waals surface area contributed by atoms with Crippen LogP contribution in [0.1, 0.15) is 10.4 Å².